The number of amides is 5. The van der Waals surface area contributed by atoms with Gasteiger partial charge >= 0.3 is 12.1 Å². The molecule has 3 atom stereocenters. The zero-order valence-corrected chi connectivity index (χ0v) is 18.5. The Morgan fingerprint density at radius 3 is 2.76 bits per heavy atom. The Balaban J connectivity index is 1.39. The fraction of sp³-hybridized carbons (Fsp3) is 0.273. The van der Waals surface area contributed by atoms with Gasteiger partial charge in [0.2, 0.25) is 0 Å². The van der Waals surface area contributed by atoms with Crippen molar-refractivity contribution in [1.82, 2.24) is 9.80 Å². The monoisotopic (exact) mass is 480 g/mol. The van der Waals surface area contributed by atoms with Crippen LogP contribution in [-0.4, -0.2) is 57.4 Å². The fourth-order valence-electron chi connectivity index (χ4n) is 5.01. The summed E-state index contributed by atoms with van der Waals surface area (Å²) in [5, 5.41) is 23.0. The van der Waals surface area contributed by atoms with E-state index in [9.17, 15) is 29.8 Å². The van der Waals surface area contributed by atoms with Crippen molar-refractivity contribution in [3.8, 4) is 6.07 Å². The number of nitriles is 1. The van der Waals surface area contributed by atoms with Gasteiger partial charge in [0, 0.05) is 24.4 Å². The van der Waals surface area contributed by atoms with E-state index in [2.05, 4.69) is 5.32 Å². The van der Waals surface area contributed by atoms with E-state index in [1.54, 1.807) is 6.92 Å². The van der Waals surface area contributed by atoms with Crippen LogP contribution in [0.1, 0.15) is 17.5 Å². The van der Waals surface area contributed by atoms with Gasteiger partial charge in [0.25, 0.3) is 11.6 Å². The summed E-state index contributed by atoms with van der Waals surface area (Å²) in [6.07, 6.45) is 0.464. The number of carbonyl (C=O) groups is 3. The number of nitro groups is 1. The van der Waals surface area contributed by atoms with E-state index < -0.39 is 35.0 Å². The normalized spacial score (nSPS) is 22.7. The topological polar surface area (TPSA) is 140 Å². The summed E-state index contributed by atoms with van der Waals surface area (Å²) in [6.45, 7) is 1.87. The molecule has 0 radical (unpaired) electrons. The predicted octanol–water partition coefficient (Wildman–Crippen LogP) is 3.25. The maximum atomic E-state index is 13.4. The van der Waals surface area contributed by atoms with Gasteiger partial charge in [-0.2, -0.15) is 5.26 Å². The number of hydrogen-bond donors (Lipinski definition) is 1. The average Bonchev–Trinajstić information content (AvgIpc) is 3.48. The van der Waals surface area contributed by atoms with E-state index in [1.807, 2.05) is 6.07 Å². The Morgan fingerprint density at radius 1 is 1.29 bits per heavy atom. The minimum Gasteiger partial charge on any atom is -0.317 e. The van der Waals surface area contributed by atoms with Crippen LogP contribution in [-0.2, 0) is 4.79 Å². The van der Waals surface area contributed by atoms with Gasteiger partial charge in [-0.05, 0) is 37.1 Å². The second kappa shape index (κ2) is 7.71. The summed E-state index contributed by atoms with van der Waals surface area (Å²) in [5.74, 6) is -0.464. The van der Waals surface area contributed by atoms with Crippen molar-refractivity contribution in [2.45, 2.75) is 31.5 Å². The highest BCUT2D eigenvalue weighted by molar-refractivity contribution is 6.33. The lowest BCUT2D eigenvalue weighted by Crippen LogP contribution is -2.55. The number of rotatable bonds is 3. The number of carbonyl (C=O) groups excluding carboxylic acids is 3. The number of halogens is 1. The lowest BCUT2D eigenvalue weighted by molar-refractivity contribution is -0.384. The first-order chi connectivity index (χ1) is 16.2. The number of likely N-dealkylation sites (tertiary alicyclic amines) is 1. The van der Waals surface area contributed by atoms with Gasteiger partial charge in [0.15, 0.2) is 0 Å². The van der Waals surface area contributed by atoms with Crippen LogP contribution < -0.4 is 10.2 Å². The van der Waals surface area contributed by atoms with Crippen molar-refractivity contribution in [2.75, 3.05) is 16.8 Å². The van der Waals surface area contributed by atoms with E-state index in [0.29, 0.717) is 17.7 Å². The van der Waals surface area contributed by atoms with E-state index >= 15 is 0 Å². The highest BCUT2D eigenvalue weighted by Gasteiger charge is 2.63. The van der Waals surface area contributed by atoms with Gasteiger partial charge in [-0.15, -0.1) is 0 Å². The summed E-state index contributed by atoms with van der Waals surface area (Å²) >= 11 is 6.25. The molecule has 2 aromatic rings. The van der Waals surface area contributed by atoms with Crippen molar-refractivity contribution in [3.63, 3.8) is 0 Å². The lowest BCUT2D eigenvalue weighted by Gasteiger charge is -2.34. The molecule has 3 fully saturated rings. The number of anilines is 2. The Morgan fingerprint density at radius 2 is 2.06 bits per heavy atom. The third-order valence-electron chi connectivity index (χ3n) is 6.55. The fourth-order valence-corrected chi connectivity index (χ4v) is 5.21. The number of nitro benzene ring substituents is 1. The van der Waals surface area contributed by atoms with E-state index in [1.165, 1.54) is 46.2 Å². The van der Waals surface area contributed by atoms with Crippen molar-refractivity contribution >= 4 is 46.6 Å². The van der Waals surface area contributed by atoms with Crippen molar-refractivity contribution in [1.29, 1.82) is 5.26 Å². The predicted molar refractivity (Wildman–Crippen MR) is 120 cm³/mol. The molecule has 3 aliphatic heterocycles. The number of fused-ring (bicyclic) bond motifs is 5. The quantitative estimate of drug-likeness (QED) is 0.406. The van der Waals surface area contributed by atoms with Gasteiger partial charge in [-0.3, -0.25) is 14.9 Å². The Labute approximate surface area is 198 Å². The number of benzene rings is 2. The molecular formula is C22H17ClN6O5. The molecule has 2 aromatic carbocycles. The minimum atomic E-state index is -0.837. The van der Waals surface area contributed by atoms with Gasteiger partial charge in [0.1, 0.15) is 12.1 Å². The number of nitrogens with zero attached hydrogens (tertiary/aromatic N) is 5. The summed E-state index contributed by atoms with van der Waals surface area (Å²) in [6, 6.07) is 7.85. The van der Waals surface area contributed by atoms with Gasteiger partial charge in [-0.25, -0.2) is 14.5 Å². The summed E-state index contributed by atoms with van der Waals surface area (Å²) in [7, 11) is 0. The molecule has 3 heterocycles. The Hall–Kier alpha value is -4.17. The van der Waals surface area contributed by atoms with Gasteiger partial charge in [-0.1, -0.05) is 17.7 Å². The first-order valence-electron chi connectivity index (χ1n) is 10.4. The molecule has 0 aromatic heterocycles. The molecule has 0 spiro atoms. The van der Waals surface area contributed by atoms with Crippen LogP contribution in [0.3, 0.4) is 0 Å². The molecule has 5 rings (SSSR count). The van der Waals surface area contributed by atoms with Crippen LogP contribution in [0, 0.1) is 28.4 Å². The smallest absolute Gasteiger partial charge is 0.317 e. The van der Waals surface area contributed by atoms with Crippen LogP contribution >= 0.6 is 11.6 Å². The van der Waals surface area contributed by atoms with Gasteiger partial charge in [0.05, 0.1) is 33.3 Å². The molecule has 34 heavy (non-hydrogen) atoms. The number of piperazine rings is 1. The van der Waals surface area contributed by atoms with Crippen molar-refractivity contribution in [2.24, 2.45) is 0 Å². The summed E-state index contributed by atoms with van der Waals surface area (Å²) in [4.78, 5) is 54.1. The minimum absolute atomic E-state index is 0.157. The van der Waals surface area contributed by atoms with E-state index in [0.717, 1.165) is 4.90 Å². The second-order valence-corrected chi connectivity index (χ2v) is 8.72. The first kappa shape index (κ1) is 21.7. The van der Waals surface area contributed by atoms with E-state index in [-0.39, 0.29) is 34.5 Å². The van der Waals surface area contributed by atoms with Crippen LogP contribution in [0.2, 0.25) is 5.02 Å². The SMILES string of the molecule is Cc1c(N2C(=O)[C@H]3C4C[C@H](CN4C(=O)Nc4cccc([N+](=O)[O-])c4)N3C2=O)ccc(C#N)c1Cl. The molecule has 5 amide bonds. The highest BCUT2D eigenvalue weighted by Crippen LogP contribution is 2.43. The molecule has 0 saturated carbocycles. The molecule has 0 aliphatic carbocycles. The van der Waals surface area contributed by atoms with Crippen LogP contribution in [0.25, 0.3) is 0 Å². The molecule has 3 aliphatic rings. The average molecular weight is 481 g/mol. The molecule has 1 unspecified atom stereocenters. The third kappa shape index (κ3) is 3.07. The third-order valence-corrected chi connectivity index (χ3v) is 7.04. The second-order valence-electron chi connectivity index (χ2n) is 8.34. The highest BCUT2D eigenvalue weighted by atomic mass is 35.5. The molecule has 172 valence electrons. The zero-order chi connectivity index (χ0) is 24.3. The Bertz CT molecular complexity index is 1320. The maximum absolute atomic E-state index is 13.4. The molecule has 11 nitrogen and oxygen atoms in total. The van der Waals surface area contributed by atoms with Crippen LogP contribution in [0.15, 0.2) is 36.4 Å². The lowest BCUT2D eigenvalue weighted by atomic mass is 10.1. The summed E-state index contributed by atoms with van der Waals surface area (Å²) in [5.41, 5.74) is 1.09. The number of non-ortho nitro benzene ring substituents is 1. The number of urea groups is 2. The largest absolute Gasteiger partial charge is 0.332 e. The molecule has 2 bridgehead atoms. The molecule has 3 saturated heterocycles. The van der Waals surface area contributed by atoms with Crippen molar-refractivity contribution < 1.29 is 19.3 Å². The number of nitrogens with one attached hydrogen (secondary N) is 1. The molecule has 12 heteroatoms. The van der Waals surface area contributed by atoms with Gasteiger partial charge < -0.3 is 15.1 Å². The van der Waals surface area contributed by atoms with Crippen LogP contribution in [0.4, 0.5) is 26.7 Å². The maximum Gasteiger partial charge on any atom is 0.332 e. The number of hydrogen-bond acceptors (Lipinski definition) is 6. The first-order valence-corrected chi connectivity index (χ1v) is 10.8. The summed E-state index contributed by atoms with van der Waals surface area (Å²) < 4.78 is 0. The van der Waals surface area contributed by atoms with Crippen LogP contribution in [0.5, 0.6) is 0 Å². The Kier molecular flexibility index (Phi) is 4.91. The zero-order valence-electron chi connectivity index (χ0n) is 17.8. The van der Waals surface area contributed by atoms with Crippen molar-refractivity contribution in [3.05, 3.63) is 62.7 Å². The number of imide groups is 1. The molecule has 1 N–H and O–H groups in total. The standard InChI is InChI=1S/C22H17ClN6O5/c1-11-16(6-5-12(9-24)18(11)23)28-20(30)19-17-8-15(27(19)22(28)32)10-26(17)21(31)25-13-3-2-4-14(7-13)29(33)34/h2-7,15,17,19H,8,10H2,1H3,(H,25,31)/t15-,17?,19-/m1/s1. The van der Waals surface area contributed by atoms with E-state index in [4.69, 9.17) is 11.6 Å². The molecular weight excluding hydrogens is 464 g/mol.